The van der Waals surface area contributed by atoms with Gasteiger partial charge in [0.15, 0.2) is 0 Å². The van der Waals surface area contributed by atoms with E-state index in [0.29, 0.717) is 17.1 Å². The summed E-state index contributed by atoms with van der Waals surface area (Å²) in [6, 6.07) is 0.435. The lowest BCUT2D eigenvalue weighted by Gasteiger charge is -2.26. The number of aryl methyl sites for hydroxylation is 1. The van der Waals surface area contributed by atoms with Crippen LogP contribution in [-0.2, 0) is 6.54 Å². The van der Waals surface area contributed by atoms with Crippen molar-refractivity contribution in [3.8, 4) is 0 Å². The first-order chi connectivity index (χ1) is 8.15. The minimum atomic E-state index is -0.0668. The van der Waals surface area contributed by atoms with E-state index in [1.165, 1.54) is 4.68 Å². The molecule has 1 aromatic heterocycles. The van der Waals surface area contributed by atoms with Crippen molar-refractivity contribution in [1.29, 1.82) is 0 Å². The van der Waals surface area contributed by atoms with E-state index in [1.54, 1.807) is 6.20 Å². The van der Waals surface area contributed by atoms with Crippen molar-refractivity contribution in [2.24, 2.45) is 0 Å². The molecular weight excluding hydrogens is 284 g/mol. The summed E-state index contributed by atoms with van der Waals surface area (Å²) in [7, 11) is 2.01. The van der Waals surface area contributed by atoms with Crippen molar-refractivity contribution >= 4 is 21.6 Å². The predicted octanol–water partition coefficient (Wildman–Crippen LogP) is 0.824. The van der Waals surface area contributed by atoms with Gasteiger partial charge in [0.05, 0.1) is 11.9 Å². The zero-order valence-electron chi connectivity index (χ0n) is 10.1. The van der Waals surface area contributed by atoms with Gasteiger partial charge in [-0.05, 0) is 35.8 Å². The van der Waals surface area contributed by atoms with Crippen LogP contribution < -0.4 is 15.8 Å². The van der Waals surface area contributed by atoms with Gasteiger partial charge < -0.3 is 10.2 Å². The highest BCUT2D eigenvalue weighted by atomic mass is 79.9. The predicted molar refractivity (Wildman–Crippen MR) is 71.5 cm³/mol. The lowest BCUT2D eigenvalue weighted by atomic mass is 10.2. The molecule has 0 aromatic carbocycles. The first-order valence-electron chi connectivity index (χ1n) is 5.84. The van der Waals surface area contributed by atoms with Crippen LogP contribution in [0.15, 0.2) is 15.5 Å². The largest absolute Gasteiger partial charge is 0.368 e. The number of aromatic nitrogens is 2. The van der Waals surface area contributed by atoms with Crippen molar-refractivity contribution in [3.63, 3.8) is 0 Å². The van der Waals surface area contributed by atoms with Gasteiger partial charge in [-0.15, -0.1) is 0 Å². The summed E-state index contributed by atoms with van der Waals surface area (Å²) < 4.78 is 2.05. The van der Waals surface area contributed by atoms with Gasteiger partial charge in [-0.3, -0.25) is 4.79 Å². The Kier molecular flexibility index (Phi) is 3.83. The third-order valence-corrected chi connectivity index (χ3v) is 3.97. The summed E-state index contributed by atoms with van der Waals surface area (Å²) >= 11 is 3.38. The van der Waals surface area contributed by atoms with E-state index in [1.807, 2.05) is 14.0 Å². The SMILES string of the molecule is CCn1ncc(N(C)C2CCNC2)c(Br)c1=O. The standard InChI is InChI=1S/C11H17BrN4O/c1-3-16-11(17)10(12)9(7-14-16)15(2)8-4-5-13-6-8/h7-8,13H,3-6H2,1-2H3. The van der Waals surface area contributed by atoms with Crippen LogP contribution in [0.5, 0.6) is 0 Å². The molecule has 0 radical (unpaired) electrons. The van der Waals surface area contributed by atoms with Gasteiger partial charge in [-0.1, -0.05) is 0 Å². The number of halogens is 1. The number of rotatable bonds is 3. The van der Waals surface area contributed by atoms with Crippen LogP contribution in [0.2, 0.25) is 0 Å². The van der Waals surface area contributed by atoms with E-state index in [-0.39, 0.29) is 5.56 Å². The maximum Gasteiger partial charge on any atom is 0.283 e. The summed E-state index contributed by atoms with van der Waals surface area (Å²) in [5.41, 5.74) is 0.802. The Bertz CT molecular complexity index is 453. The van der Waals surface area contributed by atoms with Gasteiger partial charge in [-0.25, -0.2) is 4.68 Å². The fraction of sp³-hybridized carbons (Fsp3) is 0.636. The molecule has 1 aliphatic heterocycles. The third kappa shape index (κ3) is 2.37. The van der Waals surface area contributed by atoms with Crippen LogP contribution in [0, 0.1) is 0 Å². The molecular formula is C11H17BrN4O. The minimum absolute atomic E-state index is 0.0668. The molecule has 1 aromatic rings. The smallest absolute Gasteiger partial charge is 0.283 e. The van der Waals surface area contributed by atoms with Crippen molar-refractivity contribution in [2.45, 2.75) is 25.9 Å². The molecule has 1 atom stereocenters. The van der Waals surface area contributed by atoms with Gasteiger partial charge in [0, 0.05) is 26.2 Å². The Hall–Kier alpha value is -0.880. The molecule has 94 valence electrons. The summed E-state index contributed by atoms with van der Waals surface area (Å²) in [5.74, 6) is 0. The molecule has 2 heterocycles. The molecule has 1 aliphatic rings. The monoisotopic (exact) mass is 300 g/mol. The first kappa shape index (κ1) is 12.6. The highest BCUT2D eigenvalue weighted by Crippen LogP contribution is 2.23. The van der Waals surface area contributed by atoms with Crippen LogP contribution in [0.25, 0.3) is 0 Å². The Morgan fingerprint density at radius 3 is 3.06 bits per heavy atom. The van der Waals surface area contributed by atoms with Crippen LogP contribution >= 0.6 is 15.9 Å². The van der Waals surface area contributed by atoms with E-state index in [2.05, 4.69) is 31.2 Å². The number of nitrogens with one attached hydrogen (secondary N) is 1. The van der Waals surface area contributed by atoms with E-state index >= 15 is 0 Å². The van der Waals surface area contributed by atoms with Crippen LogP contribution in [-0.4, -0.2) is 36.0 Å². The molecule has 1 N–H and O–H groups in total. The highest BCUT2D eigenvalue weighted by molar-refractivity contribution is 9.10. The Labute approximate surface area is 109 Å². The topological polar surface area (TPSA) is 50.2 Å². The number of nitrogens with zero attached hydrogens (tertiary/aromatic N) is 3. The second-order valence-corrected chi connectivity index (χ2v) is 5.02. The minimum Gasteiger partial charge on any atom is -0.368 e. The van der Waals surface area contributed by atoms with E-state index < -0.39 is 0 Å². The summed E-state index contributed by atoms with van der Waals surface area (Å²) in [6.07, 6.45) is 2.85. The van der Waals surface area contributed by atoms with Crippen LogP contribution in [0.3, 0.4) is 0 Å². The summed E-state index contributed by atoms with van der Waals surface area (Å²) in [4.78, 5) is 14.1. The second-order valence-electron chi connectivity index (χ2n) is 4.22. The highest BCUT2D eigenvalue weighted by Gasteiger charge is 2.22. The van der Waals surface area contributed by atoms with E-state index in [9.17, 15) is 4.79 Å². The second kappa shape index (κ2) is 5.18. The maximum atomic E-state index is 12.0. The van der Waals surface area contributed by atoms with Crippen molar-refractivity contribution < 1.29 is 0 Å². The quantitative estimate of drug-likeness (QED) is 0.898. The fourth-order valence-electron chi connectivity index (χ4n) is 2.09. The summed E-state index contributed by atoms with van der Waals surface area (Å²) in [6.45, 7) is 4.49. The zero-order valence-corrected chi connectivity index (χ0v) is 11.7. The van der Waals surface area contributed by atoms with Gasteiger partial charge in [-0.2, -0.15) is 5.10 Å². The first-order valence-corrected chi connectivity index (χ1v) is 6.63. The van der Waals surface area contributed by atoms with Crippen molar-refractivity contribution in [1.82, 2.24) is 15.1 Å². The zero-order chi connectivity index (χ0) is 12.4. The normalized spacial score (nSPS) is 19.6. The number of hydrogen-bond acceptors (Lipinski definition) is 4. The molecule has 2 rings (SSSR count). The lowest BCUT2D eigenvalue weighted by molar-refractivity contribution is 0.605. The van der Waals surface area contributed by atoms with E-state index in [0.717, 1.165) is 25.2 Å². The van der Waals surface area contributed by atoms with Gasteiger partial charge in [0.2, 0.25) is 0 Å². The Morgan fingerprint density at radius 1 is 1.71 bits per heavy atom. The molecule has 0 saturated carbocycles. The molecule has 0 aliphatic carbocycles. The average Bonchev–Trinajstić information content (AvgIpc) is 2.85. The molecule has 0 amide bonds. The molecule has 1 saturated heterocycles. The Balaban J connectivity index is 2.32. The molecule has 6 heteroatoms. The molecule has 17 heavy (non-hydrogen) atoms. The number of anilines is 1. The number of hydrogen-bond donors (Lipinski definition) is 1. The third-order valence-electron chi connectivity index (χ3n) is 3.23. The molecule has 5 nitrogen and oxygen atoms in total. The van der Waals surface area contributed by atoms with Crippen molar-refractivity contribution in [2.75, 3.05) is 25.0 Å². The Morgan fingerprint density at radius 2 is 2.47 bits per heavy atom. The van der Waals surface area contributed by atoms with Gasteiger partial charge in [0.1, 0.15) is 4.47 Å². The van der Waals surface area contributed by atoms with Crippen LogP contribution in [0.1, 0.15) is 13.3 Å². The average molecular weight is 301 g/mol. The van der Waals surface area contributed by atoms with Crippen molar-refractivity contribution in [3.05, 3.63) is 21.0 Å². The molecule has 0 bridgehead atoms. The lowest BCUT2D eigenvalue weighted by Crippen LogP contribution is -2.35. The molecule has 0 spiro atoms. The molecule has 1 fully saturated rings. The van der Waals surface area contributed by atoms with Crippen LogP contribution in [0.4, 0.5) is 5.69 Å². The van der Waals surface area contributed by atoms with Gasteiger partial charge >= 0.3 is 0 Å². The summed E-state index contributed by atoms with van der Waals surface area (Å²) in [5, 5.41) is 7.48. The molecule has 1 unspecified atom stereocenters. The number of likely N-dealkylation sites (N-methyl/N-ethyl adjacent to an activating group) is 1. The maximum absolute atomic E-state index is 12.0. The van der Waals surface area contributed by atoms with E-state index in [4.69, 9.17) is 0 Å². The van der Waals surface area contributed by atoms with Gasteiger partial charge in [0.25, 0.3) is 5.56 Å². The fourth-order valence-corrected chi connectivity index (χ4v) is 2.68.